The Morgan fingerprint density at radius 3 is 2.41 bits per heavy atom. The highest BCUT2D eigenvalue weighted by Gasteiger charge is 2.21. The van der Waals surface area contributed by atoms with Crippen LogP contribution in [0.5, 0.6) is 0 Å². The number of H-pyrrole nitrogens is 1. The van der Waals surface area contributed by atoms with Gasteiger partial charge >= 0.3 is 11.7 Å². The van der Waals surface area contributed by atoms with Gasteiger partial charge in [-0.15, -0.1) is 0 Å². The number of aromatic nitrogens is 2. The van der Waals surface area contributed by atoms with E-state index >= 15 is 0 Å². The minimum atomic E-state index is -0.525. The molecular formula is C22H25N3O4. The molecule has 152 valence electrons. The Labute approximate surface area is 168 Å². The fourth-order valence-electron chi connectivity index (χ4n) is 3.61. The van der Waals surface area contributed by atoms with E-state index in [0.717, 1.165) is 18.7 Å². The van der Waals surface area contributed by atoms with Crippen LogP contribution in [0.3, 0.4) is 0 Å². The molecule has 7 heteroatoms. The smallest absolute Gasteiger partial charge is 0.337 e. The molecule has 1 atom stereocenters. The Bertz CT molecular complexity index is 1110. The van der Waals surface area contributed by atoms with Crippen LogP contribution in [0.15, 0.2) is 58.1 Å². The number of fused-ring (bicyclic) bond motifs is 1. The normalized spacial score (nSPS) is 12.3. The molecule has 1 heterocycles. The summed E-state index contributed by atoms with van der Waals surface area (Å²) in [5, 5.41) is 0.351. The summed E-state index contributed by atoms with van der Waals surface area (Å²) in [4.78, 5) is 42.5. The Morgan fingerprint density at radius 2 is 1.79 bits per heavy atom. The van der Waals surface area contributed by atoms with Crippen molar-refractivity contribution < 1.29 is 9.53 Å². The van der Waals surface area contributed by atoms with E-state index in [4.69, 9.17) is 4.74 Å². The van der Waals surface area contributed by atoms with Gasteiger partial charge in [0.2, 0.25) is 0 Å². The average Bonchev–Trinajstić information content (AvgIpc) is 2.75. The number of carbonyl (C=O) groups is 1. The van der Waals surface area contributed by atoms with Gasteiger partial charge in [0.05, 0.1) is 36.2 Å². The monoisotopic (exact) mass is 395 g/mol. The predicted molar refractivity (Wildman–Crippen MR) is 112 cm³/mol. The third-order valence-corrected chi connectivity index (χ3v) is 5.20. The van der Waals surface area contributed by atoms with Crippen LogP contribution >= 0.6 is 0 Å². The van der Waals surface area contributed by atoms with E-state index < -0.39 is 11.7 Å². The number of aromatic amines is 1. The molecule has 0 saturated heterocycles. The van der Waals surface area contributed by atoms with Gasteiger partial charge in [-0.05, 0) is 36.9 Å². The van der Waals surface area contributed by atoms with Crippen molar-refractivity contribution in [2.45, 2.75) is 26.4 Å². The van der Waals surface area contributed by atoms with Crippen molar-refractivity contribution in [3.05, 3.63) is 80.5 Å². The molecule has 2 aromatic carbocycles. The van der Waals surface area contributed by atoms with Gasteiger partial charge < -0.3 is 9.72 Å². The Kier molecular flexibility index (Phi) is 6.29. The number of esters is 1. The molecule has 1 aromatic heterocycles. The molecule has 0 spiro atoms. The van der Waals surface area contributed by atoms with Crippen LogP contribution in [-0.2, 0) is 11.3 Å². The summed E-state index contributed by atoms with van der Waals surface area (Å²) in [6.07, 6.45) is 0. The zero-order valence-electron chi connectivity index (χ0n) is 16.8. The largest absolute Gasteiger partial charge is 0.465 e. The SMILES string of the molecule is CCN(CC)[C@H](Cn1c(=O)[nH]c2cc(C(=O)OC)ccc2c1=O)c1ccccc1. The number of hydrogen-bond donors (Lipinski definition) is 1. The van der Waals surface area contributed by atoms with E-state index in [1.165, 1.54) is 23.8 Å². The Balaban J connectivity index is 2.09. The summed E-state index contributed by atoms with van der Waals surface area (Å²) in [5.74, 6) is -0.525. The van der Waals surface area contributed by atoms with E-state index in [0.29, 0.717) is 10.9 Å². The van der Waals surface area contributed by atoms with Crippen LogP contribution in [0.2, 0.25) is 0 Å². The first-order valence-corrected chi connectivity index (χ1v) is 9.64. The van der Waals surface area contributed by atoms with Crippen LogP contribution < -0.4 is 11.2 Å². The van der Waals surface area contributed by atoms with Crippen molar-refractivity contribution in [3.8, 4) is 0 Å². The second-order valence-corrected chi connectivity index (χ2v) is 6.75. The molecule has 0 amide bonds. The molecular weight excluding hydrogens is 370 g/mol. The lowest BCUT2D eigenvalue weighted by Crippen LogP contribution is -2.41. The minimum Gasteiger partial charge on any atom is -0.465 e. The number of methoxy groups -OCH3 is 1. The molecule has 29 heavy (non-hydrogen) atoms. The molecule has 7 nitrogen and oxygen atoms in total. The van der Waals surface area contributed by atoms with Gasteiger partial charge in [-0.1, -0.05) is 44.2 Å². The molecule has 0 radical (unpaired) electrons. The van der Waals surface area contributed by atoms with Gasteiger partial charge in [0, 0.05) is 0 Å². The highest BCUT2D eigenvalue weighted by Crippen LogP contribution is 2.21. The fraction of sp³-hybridized carbons (Fsp3) is 0.318. The van der Waals surface area contributed by atoms with Crippen molar-refractivity contribution >= 4 is 16.9 Å². The number of rotatable bonds is 7. The highest BCUT2D eigenvalue weighted by atomic mass is 16.5. The number of benzene rings is 2. The van der Waals surface area contributed by atoms with Crippen molar-refractivity contribution in [1.82, 2.24) is 14.5 Å². The number of carbonyl (C=O) groups excluding carboxylic acids is 1. The highest BCUT2D eigenvalue weighted by molar-refractivity contribution is 5.93. The van der Waals surface area contributed by atoms with Crippen molar-refractivity contribution in [2.75, 3.05) is 20.2 Å². The third kappa shape index (κ3) is 4.14. The van der Waals surface area contributed by atoms with Gasteiger partial charge in [-0.2, -0.15) is 0 Å². The van der Waals surface area contributed by atoms with Crippen LogP contribution in [0.1, 0.15) is 35.8 Å². The lowest BCUT2D eigenvalue weighted by Gasteiger charge is -2.30. The zero-order valence-corrected chi connectivity index (χ0v) is 16.8. The summed E-state index contributed by atoms with van der Waals surface area (Å²) < 4.78 is 5.93. The summed E-state index contributed by atoms with van der Waals surface area (Å²) in [5.41, 5.74) is 0.755. The van der Waals surface area contributed by atoms with Gasteiger partial charge in [0.15, 0.2) is 0 Å². The summed E-state index contributed by atoms with van der Waals surface area (Å²) in [6, 6.07) is 14.3. The lowest BCUT2D eigenvalue weighted by molar-refractivity contribution is 0.0601. The first-order valence-electron chi connectivity index (χ1n) is 9.64. The first kappa shape index (κ1) is 20.5. The van der Waals surface area contributed by atoms with Gasteiger partial charge in [0.25, 0.3) is 5.56 Å². The van der Waals surface area contributed by atoms with Crippen LogP contribution in [0.4, 0.5) is 0 Å². The number of likely N-dealkylation sites (N-methyl/N-ethyl adjacent to an activating group) is 1. The average molecular weight is 395 g/mol. The lowest BCUT2D eigenvalue weighted by atomic mass is 10.0. The minimum absolute atomic E-state index is 0.114. The zero-order chi connectivity index (χ0) is 21.0. The number of hydrogen-bond acceptors (Lipinski definition) is 5. The maximum Gasteiger partial charge on any atom is 0.337 e. The van der Waals surface area contributed by atoms with Crippen LogP contribution in [0, 0.1) is 0 Å². The molecule has 0 fully saturated rings. The fourth-order valence-corrected chi connectivity index (χ4v) is 3.61. The molecule has 0 aliphatic rings. The Morgan fingerprint density at radius 1 is 1.10 bits per heavy atom. The van der Waals surface area contributed by atoms with E-state index in [9.17, 15) is 14.4 Å². The van der Waals surface area contributed by atoms with Crippen molar-refractivity contribution in [3.63, 3.8) is 0 Å². The number of nitrogens with zero attached hydrogens (tertiary/aromatic N) is 2. The summed E-state index contributed by atoms with van der Waals surface area (Å²) >= 11 is 0. The molecule has 0 saturated carbocycles. The van der Waals surface area contributed by atoms with Gasteiger partial charge in [0.1, 0.15) is 0 Å². The quantitative estimate of drug-likeness (QED) is 0.622. The second-order valence-electron chi connectivity index (χ2n) is 6.75. The van der Waals surface area contributed by atoms with E-state index in [1.54, 1.807) is 6.07 Å². The first-order chi connectivity index (χ1) is 14.0. The number of nitrogens with one attached hydrogen (secondary N) is 1. The second kappa shape index (κ2) is 8.87. The van der Waals surface area contributed by atoms with Crippen LogP contribution in [-0.4, -0.2) is 40.6 Å². The standard InChI is InChI=1S/C22H25N3O4/c1-4-24(5-2)19(15-9-7-6-8-10-15)14-25-20(26)17-12-11-16(21(27)29-3)13-18(17)23-22(25)28/h6-13,19H,4-5,14H2,1-3H3,(H,23,28)/t19-/m1/s1. The van der Waals surface area contributed by atoms with E-state index in [1.807, 2.05) is 30.3 Å². The van der Waals surface area contributed by atoms with Crippen molar-refractivity contribution in [2.24, 2.45) is 0 Å². The van der Waals surface area contributed by atoms with Crippen molar-refractivity contribution in [1.29, 1.82) is 0 Å². The van der Waals surface area contributed by atoms with Gasteiger partial charge in [-0.3, -0.25) is 14.3 Å². The topological polar surface area (TPSA) is 84.4 Å². The molecule has 0 aliphatic carbocycles. The van der Waals surface area contributed by atoms with Crippen LogP contribution in [0.25, 0.3) is 10.9 Å². The molecule has 0 bridgehead atoms. The van der Waals surface area contributed by atoms with Gasteiger partial charge in [-0.25, -0.2) is 9.59 Å². The van der Waals surface area contributed by atoms with E-state index in [2.05, 4.69) is 23.7 Å². The molecule has 1 N–H and O–H groups in total. The maximum absolute atomic E-state index is 13.1. The summed E-state index contributed by atoms with van der Waals surface area (Å²) in [6.45, 7) is 5.93. The Hall–Kier alpha value is -3.19. The molecule has 3 rings (SSSR count). The maximum atomic E-state index is 13.1. The number of ether oxygens (including phenoxy) is 1. The van der Waals surface area contributed by atoms with E-state index in [-0.39, 0.29) is 23.7 Å². The molecule has 0 aliphatic heterocycles. The molecule has 0 unspecified atom stereocenters. The molecule has 3 aromatic rings. The summed E-state index contributed by atoms with van der Waals surface area (Å²) in [7, 11) is 1.28. The third-order valence-electron chi connectivity index (χ3n) is 5.20. The predicted octanol–water partition coefficient (Wildman–Crippen LogP) is 2.56.